The average Bonchev–Trinajstić information content (AvgIpc) is 2.45. The summed E-state index contributed by atoms with van der Waals surface area (Å²) in [7, 11) is 0. The number of aliphatic imine (C=N–C) groups is 1. The molecule has 0 atom stereocenters. The second-order valence-corrected chi connectivity index (χ2v) is 3.98. The van der Waals surface area contributed by atoms with Crippen LogP contribution in [-0.2, 0) is 4.79 Å². The van der Waals surface area contributed by atoms with Crippen LogP contribution in [0.15, 0.2) is 4.99 Å². The van der Waals surface area contributed by atoms with Crippen LogP contribution in [-0.4, -0.2) is 24.0 Å². The summed E-state index contributed by atoms with van der Waals surface area (Å²) >= 11 is 0. The minimum Gasteiger partial charge on any atom is -0.342 e. The number of nitrogens with zero attached hydrogens (tertiary/aromatic N) is 1. The third-order valence-corrected chi connectivity index (χ3v) is 2.69. The highest BCUT2D eigenvalue weighted by molar-refractivity contribution is 6.08. The van der Waals surface area contributed by atoms with Gasteiger partial charge >= 0.3 is 0 Å². The van der Waals surface area contributed by atoms with E-state index in [1.807, 2.05) is 6.92 Å². The normalized spacial score (nSPS) is 21.5. The van der Waals surface area contributed by atoms with E-state index < -0.39 is 5.54 Å². The summed E-state index contributed by atoms with van der Waals surface area (Å²) in [4.78, 5) is 16.1. The maximum Gasteiger partial charge on any atom is 0.252 e. The maximum absolute atomic E-state index is 11.9. The van der Waals surface area contributed by atoms with Crippen molar-refractivity contribution >= 4 is 11.9 Å². The minimum absolute atomic E-state index is 0.0819. The van der Waals surface area contributed by atoms with Gasteiger partial charge in [-0.3, -0.25) is 15.1 Å². The molecule has 86 valence electrons. The van der Waals surface area contributed by atoms with Crippen molar-refractivity contribution in [2.24, 2.45) is 4.99 Å². The fourth-order valence-electron chi connectivity index (χ4n) is 2.11. The van der Waals surface area contributed by atoms with Gasteiger partial charge in [0.15, 0.2) is 5.96 Å². The highest BCUT2D eigenvalue weighted by Gasteiger charge is 2.43. The Bertz CT molecular complexity index is 255. The van der Waals surface area contributed by atoms with Crippen molar-refractivity contribution in [3.63, 3.8) is 0 Å². The fourth-order valence-corrected chi connectivity index (χ4v) is 2.11. The van der Waals surface area contributed by atoms with Crippen molar-refractivity contribution in [2.45, 2.75) is 52.0 Å². The van der Waals surface area contributed by atoms with E-state index in [1.54, 1.807) is 0 Å². The largest absolute Gasteiger partial charge is 0.342 e. The Morgan fingerprint density at radius 3 is 2.27 bits per heavy atom. The molecule has 0 saturated carbocycles. The molecular formula is C11H21N3O. The van der Waals surface area contributed by atoms with Crippen LogP contribution < -0.4 is 10.6 Å². The molecule has 4 heteroatoms. The van der Waals surface area contributed by atoms with E-state index in [1.165, 1.54) is 0 Å². The third kappa shape index (κ3) is 2.49. The molecule has 0 unspecified atom stereocenters. The number of nitrogens with one attached hydrogen (secondary N) is 2. The molecule has 2 N–H and O–H groups in total. The molecule has 0 aliphatic carbocycles. The van der Waals surface area contributed by atoms with Gasteiger partial charge in [-0.15, -0.1) is 0 Å². The van der Waals surface area contributed by atoms with Gasteiger partial charge < -0.3 is 5.32 Å². The van der Waals surface area contributed by atoms with Gasteiger partial charge in [0.05, 0.1) is 0 Å². The molecule has 15 heavy (non-hydrogen) atoms. The SMILES string of the molecule is CCCC1(CCC)NC(=NCC)NC1=O. The van der Waals surface area contributed by atoms with Crippen LogP contribution >= 0.6 is 0 Å². The molecule has 1 amide bonds. The van der Waals surface area contributed by atoms with Crippen LogP contribution in [0.3, 0.4) is 0 Å². The fraction of sp³-hybridized carbons (Fsp3) is 0.818. The summed E-state index contributed by atoms with van der Waals surface area (Å²) < 4.78 is 0. The predicted octanol–water partition coefficient (Wildman–Crippen LogP) is 1.42. The smallest absolute Gasteiger partial charge is 0.252 e. The van der Waals surface area contributed by atoms with E-state index in [0.717, 1.165) is 25.7 Å². The molecule has 1 saturated heterocycles. The molecule has 0 spiro atoms. The Kier molecular flexibility index (Phi) is 4.12. The number of rotatable bonds is 5. The Hall–Kier alpha value is -1.06. The monoisotopic (exact) mass is 211 g/mol. The number of amides is 1. The summed E-state index contributed by atoms with van der Waals surface area (Å²) in [6, 6.07) is 0. The lowest BCUT2D eigenvalue weighted by Gasteiger charge is -2.25. The third-order valence-electron chi connectivity index (χ3n) is 2.69. The summed E-state index contributed by atoms with van der Waals surface area (Å²) in [5.41, 5.74) is -0.405. The van der Waals surface area contributed by atoms with Gasteiger partial charge in [-0.25, -0.2) is 0 Å². The Morgan fingerprint density at radius 2 is 1.80 bits per heavy atom. The number of hydrogen-bond acceptors (Lipinski definition) is 2. The molecule has 1 aliphatic rings. The van der Waals surface area contributed by atoms with Crippen LogP contribution in [0.4, 0.5) is 0 Å². The first-order valence-corrected chi connectivity index (χ1v) is 5.82. The van der Waals surface area contributed by atoms with E-state index in [9.17, 15) is 4.79 Å². The number of hydrogen-bond donors (Lipinski definition) is 2. The highest BCUT2D eigenvalue weighted by Crippen LogP contribution is 2.23. The van der Waals surface area contributed by atoms with Crippen LogP contribution in [0, 0.1) is 0 Å². The Balaban J connectivity index is 2.80. The molecule has 0 aromatic rings. The minimum atomic E-state index is -0.405. The Labute approximate surface area is 91.5 Å². The van der Waals surface area contributed by atoms with E-state index in [4.69, 9.17) is 0 Å². The molecule has 0 aromatic heterocycles. The van der Waals surface area contributed by atoms with Crippen molar-refractivity contribution in [1.82, 2.24) is 10.6 Å². The molecule has 1 heterocycles. The predicted molar refractivity (Wildman–Crippen MR) is 61.8 cm³/mol. The van der Waals surface area contributed by atoms with E-state index in [0.29, 0.717) is 12.5 Å². The lowest BCUT2D eigenvalue weighted by atomic mass is 9.89. The van der Waals surface area contributed by atoms with Gasteiger partial charge in [-0.2, -0.15) is 0 Å². The van der Waals surface area contributed by atoms with Gasteiger partial charge in [0.25, 0.3) is 5.91 Å². The van der Waals surface area contributed by atoms with Gasteiger partial charge in [-0.1, -0.05) is 26.7 Å². The lowest BCUT2D eigenvalue weighted by molar-refractivity contribution is -0.124. The maximum atomic E-state index is 11.9. The molecule has 1 rings (SSSR count). The second kappa shape index (κ2) is 5.14. The first kappa shape index (κ1) is 12.0. The van der Waals surface area contributed by atoms with Crippen molar-refractivity contribution < 1.29 is 4.79 Å². The van der Waals surface area contributed by atoms with Crippen molar-refractivity contribution in [3.05, 3.63) is 0 Å². The van der Waals surface area contributed by atoms with Crippen LogP contribution in [0.5, 0.6) is 0 Å². The standard InChI is InChI=1S/C11H21N3O/c1-4-7-11(8-5-2)9(15)13-10(14-11)12-6-3/h4-8H2,1-3H3,(H2,12,13,14,15). The summed E-state index contributed by atoms with van der Waals surface area (Å²) in [5, 5.41) is 6.06. The van der Waals surface area contributed by atoms with Gasteiger partial charge in [0, 0.05) is 6.54 Å². The first-order valence-electron chi connectivity index (χ1n) is 5.82. The van der Waals surface area contributed by atoms with Crippen molar-refractivity contribution in [2.75, 3.05) is 6.54 Å². The zero-order valence-corrected chi connectivity index (χ0v) is 9.89. The highest BCUT2D eigenvalue weighted by atomic mass is 16.2. The van der Waals surface area contributed by atoms with Crippen LogP contribution in [0.1, 0.15) is 46.5 Å². The quantitative estimate of drug-likeness (QED) is 0.722. The van der Waals surface area contributed by atoms with Crippen LogP contribution in [0.25, 0.3) is 0 Å². The lowest BCUT2D eigenvalue weighted by Crippen LogP contribution is -2.46. The summed E-state index contributed by atoms with van der Waals surface area (Å²) in [6.45, 7) is 6.85. The zero-order chi connectivity index (χ0) is 11.3. The van der Waals surface area contributed by atoms with Crippen LogP contribution in [0.2, 0.25) is 0 Å². The van der Waals surface area contributed by atoms with Gasteiger partial charge in [-0.05, 0) is 19.8 Å². The Morgan fingerprint density at radius 1 is 1.20 bits per heavy atom. The van der Waals surface area contributed by atoms with E-state index in [2.05, 4.69) is 29.5 Å². The molecule has 1 aliphatic heterocycles. The molecule has 0 radical (unpaired) electrons. The van der Waals surface area contributed by atoms with Gasteiger partial charge in [0.1, 0.15) is 5.54 Å². The summed E-state index contributed by atoms with van der Waals surface area (Å²) in [5.74, 6) is 0.725. The number of guanidine groups is 1. The number of carbonyl (C=O) groups excluding carboxylic acids is 1. The summed E-state index contributed by atoms with van der Waals surface area (Å²) in [6.07, 6.45) is 3.74. The molecular weight excluding hydrogens is 190 g/mol. The average molecular weight is 211 g/mol. The van der Waals surface area contributed by atoms with Gasteiger partial charge in [0.2, 0.25) is 0 Å². The molecule has 0 bridgehead atoms. The van der Waals surface area contributed by atoms with E-state index >= 15 is 0 Å². The first-order chi connectivity index (χ1) is 7.18. The topological polar surface area (TPSA) is 53.5 Å². The van der Waals surface area contributed by atoms with Crippen molar-refractivity contribution in [3.8, 4) is 0 Å². The molecule has 1 fully saturated rings. The van der Waals surface area contributed by atoms with Crippen molar-refractivity contribution in [1.29, 1.82) is 0 Å². The second-order valence-electron chi connectivity index (χ2n) is 3.98. The van der Waals surface area contributed by atoms with E-state index in [-0.39, 0.29) is 5.91 Å². The molecule has 0 aromatic carbocycles. The number of carbonyl (C=O) groups is 1. The molecule has 4 nitrogen and oxygen atoms in total. The zero-order valence-electron chi connectivity index (χ0n) is 9.89.